The first kappa shape index (κ1) is 11.8. The zero-order valence-electron chi connectivity index (χ0n) is 10.2. The highest BCUT2D eigenvalue weighted by atomic mass is 32.1. The van der Waals surface area contributed by atoms with Gasteiger partial charge < -0.3 is 5.73 Å². The van der Waals surface area contributed by atoms with E-state index in [0.717, 1.165) is 24.5 Å². The molecule has 1 aliphatic rings. The molecule has 0 aliphatic carbocycles. The molecule has 1 aromatic carbocycles. The molecule has 0 saturated heterocycles. The Morgan fingerprint density at radius 1 is 1.33 bits per heavy atom. The maximum Gasteiger partial charge on any atom is 0.111 e. The highest BCUT2D eigenvalue weighted by Crippen LogP contribution is 2.28. The van der Waals surface area contributed by atoms with Gasteiger partial charge in [0.25, 0.3) is 0 Å². The molecule has 0 saturated carbocycles. The Bertz CT molecular complexity index is 510. The van der Waals surface area contributed by atoms with Crippen LogP contribution in [-0.4, -0.2) is 23.0 Å². The van der Waals surface area contributed by atoms with Crippen LogP contribution in [0.25, 0.3) is 0 Å². The van der Waals surface area contributed by atoms with Gasteiger partial charge in [-0.05, 0) is 17.5 Å². The smallest absolute Gasteiger partial charge is 0.111 e. The second-order valence-electron chi connectivity index (χ2n) is 4.61. The highest BCUT2D eigenvalue weighted by molar-refractivity contribution is 7.09. The minimum Gasteiger partial charge on any atom is -0.329 e. The van der Waals surface area contributed by atoms with Crippen molar-refractivity contribution in [2.75, 3.05) is 13.1 Å². The van der Waals surface area contributed by atoms with Gasteiger partial charge in [-0.2, -0.15) is 0 Å². The van der Waals surface area contributed by atoms with Gasteiger partial charge in [-0.3, -0.25) is 4.90 Å². The number of nitrogens with two attached hydrogens (primary N) is 1. The van der Waals surface area contributed by atoms with Gasteiger partial charge >= 0.3 is 0 Å². The van der Waals surface area contributed by atoms with E-state index >= 15 is 0 Å². The Kier molecular flexibility index (Phi) is 3.41. The number of thiazole rings is 1. The van der Waals surface area contributed by atoms with E-state index in [9.17, 15) is 0 Å². The molecule has 1 aromatic heterocycles. The van der Waals surface area contributed by atoms with Gasteiger partial charge in [0.1, 0.15) is 5.01 Å². The maximum atomic E-state index is 5.94. The summed E-state index contributed by atoms with van der Waals surface area (Å²) >= 11 is 1.70. The topological polar surface area (TPSA) is 42.1 Å². The number of fused-ring (bicyclic) bond motifs is 1. The molecule has 18 heavy (non-hydrogen) atoms. The molecule has 3 nitrogen and oxygen atoms in total. The third-order valence-corrected chi connectivity index (χ3v) is 4.44. The molecule has 2 aromatic rings. The summed E-state index contributed by atoms with van der Waals surface area (Å²) in [6, 6.07) is 8.95. The summed E-state index contributed by atoms with van der Waals surface area (Å²) in [5.74, 6) is 0. The van der Waals surface area contributed by atoms with Gasteiger partial charge in [0.2, 0.25) is 0 Å². The van der Waals surface area contributed by atoms with Gasteiger partial charge in [0, 0.05) is 31.2 Å². The Morgan fingerprint density at radius 2 is 2.17 bits per heavy atom. The van der Waals surface area contributed by atoms with Crippen molar-refractivity contribution in [1.29, 1.82) is 0 Å². The minimum atomic E-state index is 0.262. The largest absolute Gasteiger partial charge is 0.329 e. The van der Waals surface area contributed by atoms with E-state index in [4.69, 9.17) is 5.73 Å². The van der Waals surface area contributed by atoms with E-state index in [1.807, 2.05) is 11.6 Å². The first-order valence-electron chi connectivity index (χ1n) is 6.29. The van der Waals surface area contributed by atoms with Crippen molar-refractivity contribution >= 4 is 11.3 Å². The highest BCUT2D eigenvalue weighted by Gasteiger charge is 2.24. The first-order chi connectivity index (χ1) is 8.88. The van der Waals surface area contributed by atoms with Crippen LogP contribution in [-0.2, 0) is 13.0 Å². The van der Waals surface area contributed by atoms with Crippen LogP contribution in [0.15, 0.2) is 35.8 Å². The molecule has 1 unspecified atom stereocenters. The average molecular weight is 259 g/mol. The number of rotatable bonds is 3. The molecule has 2 heterocycles. The van der Waals surface area contributed by atoms with Crippen LogP contribution in [0.5, 0.6) is 0 Å². The Hall–Kier alpha value is -1.23. The van der Waals surface area contributed by atoms with Crippen LogP contribution < -0.4 is 5.73 Å². The van der Waals surface area contributed by atoms with E-state index in [-0.39, 0.29) is 6.04 Å². The molecule has 2 N–H and O–H groups in total. The van der Waals surface area contributed by atoms with Gasteiger partial charge in [-0.1, -0.05) is 24.3 Å². The molecule has 0 bridgehead atoms. The lowest BCUT2D eigenvalue weighted by Crippen LogP contribution is -2.37. The summed E-state index contributed by atoms with van der Waals surface area (Å²) in [5, 5.41) is 3.16. The third-order valence-electron chi connectivity index (χ3n) is 3.56. The second-order valence-corrected chi connectivity index (χ2v) is 5.54. The summed E-state index contributed by atoms with van der Waals surface area (Å²) in [7, 11) is 0. The standard InChI is InChI=1S/C14H17N3S/c15-9-13(14-16-6-8-18-14)17-7-5-11-3-1-2-4-12(11)10-17/h1-4,6,8,13H,5,7,9-10,15H2. The Labute approximate surface area is 111 Å². The van der Waals surface area contributed by atoms with Gasteiger partial charge in [-0.25, -0.2) is 4.98 Å². The zero-order chi connectivity index (χ0) is 12.4. The van der Waals surface area contributed by atoms with Crippen LogP contribution >= 0.6 is 11.3 Å². The van der Waals surface area contributed by atoms with Crippen molar-refractivity contribution < 1.29 is 0 Å². The zero-order valence-corrected chi connectivity index (χ0v) is 11.1. The Morgan fingerprint density at radius 3 is 2.89 bits per heavy atom. The minimum absolute atomic E-state index is 0.262. The summed E-state index contributed by atoms with van der Waals surface area (Å²) in [4.78, 5) is 6.86. The summed E-state index contributed by atoms with van der Waals surface area (Å²) in [6.45, 7) is 2.69. The van der Waals surface area contributed by atoms with Crippen molar-refractivity contribution in [3.8, 4) is 0 Å². The lowest BCUT2D eigenvalue weighted by molar-refractivity contribution is 0.183. The van der Waals surface area contributed by atoms with Crippen molar-refractivity contribution in [2.45, 2.75) is 19.0 Å². The number of nitrogens with zero attached hydrogens (tertiary/aromatic N) is 2. The number of benzene rings is 1. The number of aromatic nitrogens is 1. The molecule has 3 rings (SSSR count). The fourth-order valence-electron chi connectivity index (χ4n) is 2.59. The lowest BCUT2D eigenvalue weighted by Gasteiger charge is -2.33. The fraction of sp³-hybridized carbons (Fsp3) is 0.357. The molecule has 1 aliphatic heterocycles. The van der Waals surface area contributed by atoms with Crippen molar-refractivity contribution in [1.82, 2.24) is 9.88 Å². The van der Waals surface area contributed by atoms with Gasteiger partial charge in [0.05, 0.1) is 6.04 Å². The van der Waals surface area contributed by atoms with Crippen molar-refractivity contribution in [2.24, 2.45) is 5.73 Å². The van der Waals surface area contributed by atoms with Crippen LogP contribution in [0.2, 0.25) is 0 Å². The molecule has 0 amide bonds. The van der Waals surface area contributed by atoms with Crippen molar-refractivity contribution in [3.63, 3.8) is 0 Å². The molecule has 0 fully saturated rings. The third kappa shape index (κ3) is 2.19. The van der Waals surface area contributed by atoms with Crippen LogP contribution in [0.4, 0.5) is 0 Å². The van der Waals surface area contributed by atoms with E-state index in [0.29, 0.717) is 6.54 Å². The number of hydrogen-bond acceptors (Lipinski definition) is 4. The molecule has 0 spiro atoms. The van der Waals surface area contributed by atoms with Gasteiger partial charge in [0.15, 0.2) is 0 Å². The van der Waals surface area contributed by atoms with Crippen LogP contribution in [0.1, 0.15) is 22.2 Å². The SMILES string of the molecule is NCC(c1nccs1)N1CCc2ccccc2C1. The van der Waals surface area contributed by atoms with E-state index in [2.05, 4.69) is 34.1 Å². The fourth-order valence-corrected chi connectivity index (χ4v) is 3.37. The number of hydrogen-bond donors (Lipinski definition) is 1. The molecular weight excluding hydrogens is 242 g/mol. The molecule has 1 atom stereocenters. The van der Waals surface area contributed by atoms with Crippen molar-refractivity contribution in [3.05, 3.63) is 52.0 Å². The average Bonchev–Trinajstić information content (AvgIpc) is 2.93. The first-order valence-corrected chi connectivity index (χ1v) is 7.16. The van der Waals surface area contributed by atoms with E-state index in [1.54, 1.807) is 11.3 Å². The molecule has 94 valence electrons. The van der Waals surface area contributed by atoms with Crippen LogP contribution in [0.3, 0.4) is 0 Å². The second kappa shape index (κ2) is 5.18. The predicted molar refractivity (Wildman–Crippen MR) is 74.5 cm³/mol. The monoisotopic (exact) mass is 259 g/mol. The lowest BCUT2D eigenvalue weighted by atomic mass is 9.98. The normalized spacial score (nSPS) is 17.4. The summed E-state index contributed by atoms with van der Waals surface area (Å²) < 4.78 is 0. The maximum absolute atomic E-state index is 5.94. The molecule has 4 heteroatoms. The molecular formula is C14H17N3S. The molecule has 0 radical (unpaired) electrons. The summed E-state index contributed by atoms with van der Waals surface area (Å²) in [6.07, 6.45) is 2.97. The Balaban J connectivity index is 1.82. The predicted octanol–water partition coefficient (Wildman–Crippen LogP) is 2.20. The van der Waals surface area contributed by atoms with E-state index < -0.39 is 0 Å². The van der Waals surface area contributed by atoms with E-state index in [1.165, 1.54) is 11.1 Å². The van der Waals surface area contributed by atoms with Gasteiger partial charge in [-0.15, -0.1) is 11.3 Å². The summed E-state index contributed by atoms with van der Waals surface area (Å²) in [5.41, 5.74) is 8.84. The van der Waals surface area contributed by atoms with Crippen LogP contribution in [0, 0.1) is 0 Å². The quantitative estimate of drug-likeness (QED) is 0.919.